The number of halogens is 1. The third-order valence-electron chi connectivity index (χ3n) is 4.12. The Balaban J connectivity index is 1.72. The Labute approximate surface area is 145 Å². The number of benzene rings is 1. The Morgan fingerprint density at radius 2 is 1.92 bits per heavy atom. The number of rotatable bonds is 5. The predicted octanol–water partition coefficient (Wildman–Crippen LogP) is 4.04. The van der Waals surface area contributed by atoms with E-state index in [-0.39, 0.29) is 18.4 Å². The zero-order chi connectivity index (χ0) is 17.8. The van der Waals surface area contributed by atoms with Gasteiger partial charge in [0.25, 0.3) is 0 Å². The summed E-state index contributed by atoms with van der Waals surface area (Å²) in [7, 11) is 0. The first-order valence-electron chi connectivity index (χ1n) is 8.03. The van der Waals surface area contributed by atoms with Crippen molar-refractivity contribution < 1.29 is 13.9 Å². The van der Waals surface area contributed by atoms with Gasteiger partial charge in [-0.15, -0.1) is 0 Å². The van der Waals surface area contributed by atoms with E-state index in [0.717, 1.165) is 22.6 Å². The molecule has 2 aromatic heterocycles. The van der Waals surface area contributed by atoms with Gasteiger partial charge in [-0.05, 0) is 49.7 Å². The number of hydrogen-bond acceptors (Lipinski definition) is 3. The van der Waals surface area contributed by atoms with Gasteiger partial charge >= 0.3 is 5.97 Å². The van der Waals surface area contributed by atoms with Gasteiger partial charge in [0.15, 0.2) is 0 Å². The van der Waals surface area contributed by atoms with Crippen LogP contribution in [0.25, 0.3) is 0 Å². The molecule has 0 N–H and O–H groups in total. The quantitative estimate of drug-likeness (QED) is 0.659. The maximum Gasteiger partial charge on any atom is 0.340 e. The van der Waals surface area contributed by atoms with E-state index in [4.69, 9.17) is 4.74 Å². The highest BCUT2D eigenvalue weighted by Gasteiger charge is 2.17. The number of pyridine rings is 1. The molecule has 3 rings (SSSR count). The van der Waals surface area contributed by atoms with Crippen molar-refractivity contribution in [1.29, 1.82) is 0 Å². The molecule has 0 unspecified atom stereocenters. The molecule has 4 nitrogen and oxygen atoms in total. The van der Waals surface area contributed by atoms with Crippen molar-refractivity contribution >= 4 is 5.97 Å². The summed E-state index contributed by atoms with van der Waals surface area (Å²) < 4.78 is 20.3. The molecule has 0 amide bonds. The van der Waals surface area contributed by atoms with Crippen molar-refractivity contribution in [2.75, 3.05) is 0 Å². The van der Waals surface area contributed by atoms with Crippen molar-refractivity contribution in [2.45, 2.75) is 27.0 Å². The summed E-state index contributed by atoms with van der Waals surface area (Å²) in [6.45, 7) is 4.56. The third kappa shape index (κ3) is 3.94. The minimum atomic E-state index is -0.385. The van der Waals surface area contributed by atoms with Gasteiger partial charge in [0.1, 0.15) is 12.4 Å². The zero-order valence-electron chi connectivity index (χ0n) is 14.2. The number of hydrogen-bond donors (Lipinski definition) is 0. The molecular formula is C20H19FN2O2. The highest BCUT2D eigenvalue weighted by molar-refractivity contribution is 5.91. The molecule has 0 fully saturated rings. The standard InChI is InChI=1S/C20H19FN2O2/c1-14-11-19(15(2)23(14)12-18-5-3-4-10-22-18)20(24)25-13-16-6-8-17(21)9-7-16/h3-11H,12-13H2,1-2H3. The Kier molecular flexibility index (Phi) is 4.93. The molecule has 1 aromatic carbocycles. The molecule has 0 aliphatic heterocycles. The van der Waals surface area contributed by atoms with Crippen molar-refractivity contribution in [3.63, 3.8) is 0 Å². The molecule has 0 atom stereocenters. The largest absolute Gasteiger partial charge is 0.457 e. The van der Waals surface area contributed by atoms with E-state index in [2.05, 4.69) is 4.98 Å². The average Bonchev–Trinajstić information content (AvgIpc) is 2.90. The predicted molar refractivity (Wildman–Crippen MR) is 92.8 cm³/mol. The summed E-state index contributed by atoms with van der Waals surface area (Å²) in [6.07, 6.45) is 1.75. The topological polar surface area (TPSA) is 44.1 Å². The summed E-state index contributed by atoms with van der Waals surface area (Å²) in [5.74, 6) is -0.696. The zero-order valence-corrected chi connectivity index (χ0v) is 14.2. The Morgan fingerprint density at radius 1 is 1.16 bits per heavy atom. The van der Waals surface area contributed by atoms with Crippen LogP contribution in [0.15, 0.2) is 54.7 Å². The lowest BCUT2D eigenvalue weighted by Gasteiger charge is -2.09. The van der Waals surface area contributed by atoms with Crippen LogP contribution < -0.4 is 0 Å². The normalized spacial score (nSPS) is 10.7. The molecule has 0 saturated carbocycles. The average molecular weight is 338 g/mol. The molecule has 5 heteroatoms. The number of esters is 1. The second kappa shape index (κ2) is 7.30. The van der Waals surface area contributed by atoms with E-state index in [1.165, 1.54) is 12.1 Å². The van der Waals surface area contributed by atoms with Gasteiger partial charge in [0.2, 0.25) is 0 Å². The number of ether oxygens (including phenoxy) is 1. The number of aromatic nitrogens is 2. The third-order valence-corrected chi connectivity index (χ3v) is 4.12. The molecule has 0 spiro atoms. The summed E-state index contributed by atoms with van der Waals surface area (Å²) in [6, 6.07) is 13.5. The molecule has 3 aromatic rings. The number of aryl methyl sites for hydroxylation is 1. The van der Waals surface area contributed by atoms with Crippen LogP contribution in [0, 0.1) is 19.7 Å². The van der Waals surface area contributed by atoms with Gasteiger partial charge in [-0.3, -0.25) is 4.98 Å². The Bertz CT molecular complexity index is 871. The van der Waals surface area contributed by atoms with Crippen LogP contribution >= 0.6 is 0 Å². The number of carbonyl (C=O) groups excluding carboxylic acids is 1. The van der Waals surface area contributed by atoms with E-state index >= 15 is 0 Å². The van der Waals surface area contributed by atoms with Crippen molar-refractivity contribution in [3.8, 4) is 0 Å². The van der Waals surface area contributed by atoms with Gasteiger partial charge in [0, 0.05) is 17.6 Å². The van der Waals surface area contributed by atoms with Gasteiger partial charge in [-0.25, -0.2) is 9.18 Å². The van der Waals surface area contributed by atoms with Gasteiger partial charge in [-0.2, -0.15) is 0 Å². The first kappa shape index (κ1) is 16.9. The molecule has 25 heavy (non-hydrogen) atoms. The van der Waals surface area contributed by atoms with Crippen molar-refractivity contribution in [2.24, 2.45) is 0 Å². The first-order chi connectivity index (χ1) is 12.0. The van der Waals surface area contributed by atoms with E-state index in [1.807, 2.05) is 42.7 Å². The van der Waals surface area contributed by atoms with E-state index in [0.29, 0.717) is 12.1 Å². The lowest BCUT2D eigenvalue weighted by atomic mass is 10.2. The SMILES string of the molecule is Cc1cc(C(=O)OCc2ccc(F)cc2)c(C)n1Cc1ccccn1. The van der Waals surface area contributed by atoms with Gasteiger partial charge in [0.05, 0.1) is 17.8 Å². The van der Waals surface area contributed by atoms with Crippen LogP contribution in [0.1, 0.15) is 33.0 Å². The van der Waals surface area contributed by atoms with E-state index < -0.39 is 0 Å². The first-order valence-corrected chi connectivity index (χ1v) is 8.03. The molecule has 0 radical (unpaired) electrons. The van der Waals surface area contributed by atoms with Crippen LogP contribution in [0.4, 0.5) is 4.39 Å². The maximum absolute atomic E-state index is 12.9. The monoisotopic (exact) mass is 338 g/mol. The number of carbonyl (C=O) groups is 1. The molecule has 0 saturated heterocycles. The summed E-state index contributed by atoms with van der Waals surface area (Å²) in [5.41, 5.74) is 4.02. The van der Waals surface area contributed by atoms with Crippen LogP contribution in [-0.4, -0.2) is 15.5 Å². The minimum absolute atomic E-state index is 0.114. The molecular weight excluding hydrogens is 319 g/mol. The molecule has 0 bridgehead atoms. The van der Waals surface area contributed by atoms with Crippen LogP contribution in [0.2, 0.25) is 0 Å². The van der Waals surface area contributed by atoms with Crippen LogP contribution in [-0.2, 0) is 17.9 Å². The number of nitrogens with zero attached hydrogens (tertiary/aromatic N) is 2. The second-order valence-corrected chi connectivity index (χ2v) is 5.89. The molecule has 0 aliphatic rings. The van der Waals surface area contributed by atoms with Crippen LogP contribution in [0.3, 0.4) is 0 Å². The highest BCUT2D eigenvalue weighted by Crippen LogP contribution is 2.18. The summed E-state index contributed by atoms with van der Waals surface area (Å²) in [5, 5.41) is 0. The maximum atomic E-state index is 12.9. The fourth-order valence-corrected chi connectivity index (χ4v) is 2.71. The summed E-state index contributed by atoms with van der Waals surface area (Å²) >= 11 is 0. The lowest BCUT2D eigenvalue weighted by Crippen LogP contribution is -2.09. The Morgan fingerprint density at radius 3 is 2.60 bits per heavy atom. The lowest BCUT2D eigenvalue weighted by molar-refractivity contribution is 0.0471. The van der Waals surface area contributed by atoms with Crippen molar-refractivity contribution in [1.82, 2.24) is 9.55 Å². The molecule has 128 valence electrons. The highest BCUT2D eigenvalue weighted by atomic mass is 19.1. The van der Waals surface area contributed by atoms with E-state index in [1.54, 1.807) is 18.3 Å². The Hall–Kier alpha value is -2.95. The van der Waals surface area contributed by atoms with Crippen LogP contribution in [0.5, 0.6) is 0 Å². The fourth-order valence-electron chi connectivity index (χ4n) is 2.71. The fraction of sp³-hybridized carbons (Fsp3) is 0.200. The minimum Gasteiger partial charge on any atom is -0.457 e. The molecule has 0 aliphatic carbocycles. The summed E-state index contributed by atoms with van der Waals surface area (Å²) in [4.78, 5) is 16.7. The van der Waals surface area contributed by atoms with Crippen molar-refractivity contribution in [3.05, 3.63) is 88.8 Å². The molecule has 2 heterocycles. The van der Waals surface area contributed by atoms with E-state index in [9.17, 15) is 9.18 Å². The smallest absolute Gasteiger partial charge is 0.340 e. The second-order valence-electron chi connectivity index (χ2n) is 5.89. The van der Waals surface area contributed by atoms with Gasteiger partial charge in [-0.1, -0.05) is 18.2 Å². The van der Waals surface area contributed by atoms with Gasteiger partial charge < -0.3 is 9.30 Å².